The second-order valence-corrected chi connectivity index (χ2v) is 11.2. The van der Waals surface area contributed by atoms with Crippen molar-refractivity contribution in [1.29, 1.82) is 0 Å². The lowest BCUT2D eigenvalue weighted by Gasteiger charge is -2.09. The van der Waals surface area contributed by atoms with Crippen molar-refractivity contribution in [3.8, 4) is 11.8 Å². The zero-order valence-corrected chi connectivity index (χ0v) is 20.5. The molecule has 0 spiro atoms. The van der Waals surface area contributed by atoms with E-state index in [0.29, 0.717) is 0 Å². The van der Waals surface area contributed by atoms with Crippen molar-refractivity contribution in [3.05, 3.63) is 73.5 Å². The lowest BCUT2D eigenvalue weighted by atomic mass is 10.2. The largest absolute Gasteiger partial charge is 0.140 e. The maximum absolute atomic E-state index is 4.35. The Bertz CT molecular complexity index is 1010. The van der Waals surface area contributed by atoms with Gasteiger partial charge in [0.2, 0.25) is 0 Å². The van der Waals surface area contributed by atoms with Crippen molar-refractivity contribution in [1.82, 2.24) is 0 Å². The Balaban J connectivity index is 1.65. The first-order chi connectivity index (χ1) is 14.1. The molecule has 0 bridgehead atoms. The second-order valence-electron chi connectivity index (χ2n) is 6.63. The normalized spacial score (nSPS) is 14.1. The van der Waals surface area contributed by atoms with Gasteiger partial charge < -0.3 is 0 Å². The van der Waals surface area contributed by atoms with Gasteiger partial charge >= 0.3 is 0 Å². The van der Waals surface area contributed by atoms with Crippen LogP contribution in [0.25, 0.3) is 14.7 Å². The fraction of sp³-hybridized carbons (Fsp3) is 0.280. The summed E-state index contributed by atoms with van der Waals surface area (Å²) in [5, 5.41) is 0. The summed E-state index contributed by atoms with van der Waals surface area (Å²) in [7, 11) is 0. The molecule has 2 aromatic rings. The van der Waals surface area contributed by atoms with E-state index < -0.39 is 0 Å². The van der Waals surface area contributed by atoms with Crippen LogP contribution in [0.2, 0.25) is 0 Å². The fourth-order valence-electron chi connectivity index (χ4n) is 2.74. The predicted molar refractivity (Wildman–Crippen MR) is 139 cm³/mol. The van der Waals surface area contributed by atoms with Gasteiger partial charge in [-0.15, -0.1) is 22.7 Å². The molecule has 4 heteroatoms. The number of hydrogen-bond donors (Lipinski definition) is 0. The lowest BCUT2D eigenvalue weighted by Crippen LogP contribution is -1.83. The van der Waals surface area contributed by atoms with Crippen LogP contribution in [0.5, 0.6) is 0 Å². The topological polar surface area (TPSA) is 0 Å². The Morgan fingerprint density at radius 2 is 2.00 bits per heavy atom. The highest BCUT2D eigenvalue weighted by molar-refractivity contribution is 8.16. The highest BCUT2D eigenvalue weighted by Gasteiger charge is 2.14. The first-order valence-electron chi connectivity index (χ1n) is 9.88. The predicted octanol–water partition coefficient (Wildman–Crippen LogP) is 9.44. The van der Waals surface area contributed by atoms with E-state index in [-0.39, 0.29) is 0 Å². The Labute approximate surface area is 191 Å². The van der Waals surface area contributed by atoms with Crippen LogP contribution in [0, 0.1) is 18.8 Å². The summed E-state index contributed by atoms with van der Waals surface area (Å²) in [6, 6.07) is 8.81. The van der Waals surface area contributed by atoms with Gasteiger partial charge in [0.1, 0.15) is 0 Å². The van der Waals surface area contributed by atoms with Crippen LogP contribution in [-0.2, 0) is 0 Å². The van der Waals surface area contributed by atoms with E-state index in [9.17, 15) is 0 Å². The average molecular weight is 455 g/mol. The van der Waals surface area contributed by atoms with Gasteiger partial charge in [-0.3, -0.25) is 0 Å². The Hall–Kier alpha value is -1.38. The first kappa shape index (κ1) is 22.3. The zero-order chi connectivity index (χ0) is 20.6. The molecule has 2 aromatic heterocycles. The van der Waals surface area contributed by atoms with E-state index >= 15 is 0 Å². The van der Waals surface area contributed by atoms with E-state index in [1.165, 1.54) is 47.1 Å². The van der Waals surface area contributed by atoms with Crippen molar-refractivity contribution in [2.75, 3.05) is 0 Å². The number of hydrogen-bond acceptors (Lipinski definition) is 4. The monoisotopic (exact) mass is 454 g/mol. The molecule has 0 amide bonds. The molecule has 0 radical (unpaired) electrons. The van der Waals surface area contributed by atoms with Crippen LogP contribution in [0.4, 0.5) is 0 Å². The van der Waals surface area contributed by atoms with Crippen LogP contribution < -0.4 is 0 Å². The van der Waals surface area contributed by atoms with Crippen molar-refractivity contribution in [2.45, 2.75) is 46.5 Å². The molecule has 3 rings (SSSR count). The summed E-state index contributed by atoms with van der Waals surface area (Å²) in [5.41, 5.74) is 0. The molecule has 1 aliphatic heterocycles. The lowest BCUT2D eigenvalue weighted by molar-refractivity contribution is 0.828. The van der Waals surface area contributed by atoms with Gasteiger partial charge in [0.15, 0.2) is 0 Å². The second kappa shape index (κ2) is 11.1. The molecule has 0 saturated carbocycles. The van der Waals surface area contributed by atoms with E-state index in [2.05, 4.69) is 81.7 Å². The van der Waals surface area contributed by atoms with Gasteiger partial charge in [-0.05, 0) is 51.0 Å². The summed E-state index contributed by atoms with van der Waals surface area (Å²) in [6.07, 6.45) is 11.1. The molecule has 0 saturated heterocycles. The zero-order valence-electron chi connectivity index (χ0n) is 17.2. The van der Waals surface area contributed by atoms with Crippen LogP contribution >= 0.6 is 46.2 Å². The number of thiophene rings is 2. The summed E-state index contributed by atoms with van der Waals surface area (Å²) >= 11 is 7.23. The van der Waals surface area contributed by atoms with E-state index in [1.54, 1.807) is 23.5 Å². The molecule has 0 fully saturated rings. The summed E-state index contributed by atoms with van der Waals surface area (Å²) < 4.78 is 0. The fourth-order valence-corrected chi connectivity index (χ4v) is 6.74. The molecule has 3 heterocycles. The summed E-state index contributed by atoms with van der Waals surface area (Å²) in [6.45, 7) is 10.8. The number of rotatable bonds is 7. The number of allylic oxidation sites excluding steroid dienone is 4. The number of thioether (sulfide) groups is 2. The van der Waals surface area contributed by atoms with Gasteiger partial charge in [-0.25, -0.2) is 0 Å². The minimum Gasteiger partial charge on any atom is -0.140 e. The Morgan fingerprint density at radius 1 is 1.17 bits per heavy atom. The molecule has 0 aliphatic carbocycles. The van der Waals surface area contributed by atoms with Crippen molar-refractivity contribution >= 4 is 60.9 Å². The van der Waals surface area contributed by atoms with Gasteiger partial charge in [0, 0.05) is 40.6 Å². The molecular weight excluding hydrogens is 429 g/mol. The van der Waals surface area contributed by atoms with E-state index in [4.69, 9.17) is 0 Å². The average Bonchev–Trinajstić information content (AvgIpc) is 3.39. The smallest absolute Gasteiger partial charge is 0.0585 e. The molecule has 0 atom stereocenters. The van der Waals surface area contributed by atoms with Crippen molar-refractivity contribution < 1.29 is 0 Å². The number of unbranched alkanes of at least 4 members (excludes halogenated alkanes) is 2. The molecule has 0 aromatic carbocycles. The van der Waals surface area contributed by atoms with Gasteiger partial charge in [0.25, 0.3) is 0 Å². The van der Waals surface area contributed by atoms with Crippen molar-refractivity contribution in [2.24, 2.45) is 0 Å². The third-order valence-electron chi connectivity index (χ3n) is 4.30. The van der Waals surface area contributed by atoms with Crippen LogP contribution in [-0.4, -0.2) is 0 Å². The number of aryl methyl sites for hydroxylation is 1. The van der Waals surface area contributed by atoms with Gasteiger partial charge in [0.05, 0.1) is 4.91 Å². The summed E-state index contributed by atoms with van der Waals surface area (Å²) in [4.78, 5) is 10.1. The SMILES string of the molecule is C=C(S/C(=C\C)c1ccc(C)s1)c1ccc(C2=CCC=C(C#CCCCC)S2)s1. The first-order valence-corrected chi connectivity index (χ1v) is 13.1. The maximum atomic E-state index is 4.35. The molecular formula is C25H26S4. The molecule has 1 aliphatic rings. The molecule has 150 valence electrons. The van der Waals surface area contributed by atoms with E-state index in [1.807, 2.05) is 22.7 Å². The molecule has 0 nitrogen and oxygen atoms in total. The van der Waals surface area contributed by atoms with Gasteiger partial charge in [-0.1, -0.05) is 73.5 Å². The Morgan fingerprint density at radius 3 is 2.72 bits per heavy atom. The van der Waals surface area contributed by atoms with Crippen LogP contribution in [0.1, 0.15) is 59.0 Å². The summed E-state index contributed by atoms with van der Waals surface area (Å²) in [5.74, 6) is 6.66. The highest BCUT2D eigenvalue weighted by Crippen LogP contribution is 2.45. The third kappa shape index (κ3) is 6.30. The van der Waals surface area contributed by atoms with Crippen molar-refractivity contribution in [3.63, 3.8) is 0 Å². The van der Waals surface area contributed by atoms with E-state index in [0.717, 1.165) is 17.7 Å². The standard InChI is InChI=1S/C25H26S4/c1-5-7-8-9-11-20-12-10-13-23(28-20)25-17-16-22(29-25)19(4)27-21(6-2)24-15-14-18(3)26-24/h6,12-17H,4-5,7-8,10H2,1-3H3/b21-6-. The van der Waals surface area contributed by atoms with Crippen LogP contribution in [0.3, 0.4) is 0 Å². The Kier molecular flexibility index (Phi) is 8.56. The minimum atomic E-state index is 0.962. The quantitative estimate of drug-likeness (QED) is 0.302. The molecule has 0 N–H and O–H groups in total. The maximum Gasteiger partial charge on any atom is 0.0585 e. The molecule has 29 heavy (non-hydrogen) atoms. The van der Waals surface area contributed by atoms with Crippen LogP contribution in [0.15, 0.2) is 54.0 Å². The minimum absolute atomic E-state index is 0.962. The highest BCUT2D eigenvalue weighted by atomic mass is 32.2. The van der Waals surface area contributed by atoms with Gasteiger partial charge in [-0.2, -0.15) is 0 Å². The molecule has 0 unspecified atom stereocenters. The third-order valence-corrected chi connectivity index (χ3v) is 9.13.